The molecule has 1 aliphatic rings. The molecule has 1 aromatic heterocycles. The van der Waals surface area contributed by atoms with E-state index in [9.17, 15) is 9.59 Å². The molecule has 18 heavy (non-hydrogen) atoms. The van der Waals surface area contributed by atoms with Gasteiger partial charge in [0.1, 0.15) is 11.5 Å². The van der Waals surface area contributed by atoms with Gasteiger partial charge in [0.2, 0.25) is 0 Å². The van der Waals surface area contributed by atoms with Gasteiger partial charge in [-0.05, 0) is 19.9 Å². The third kappa shape index (κ3) is 2.38. The lowest BCUT2D eigenvalue weighted by Gasteiger charge is -2.30. The number of carbonyl (C=O) groups excluding carboxylic acids is 1. The number of aliphatic carboxylic acids is 1. The monoisotopic (exact) mass is 253 g/mol. The molecule has 6 heteroatoms. The predicted octanol–water partition coefficient (Wildman–Crippen LogP) is 0.822. The Balaban J connectivity index is 2.14. The van der Waals surface area contributed by atoms with Crippen LogP contribution in [0.3, 0.4) is 0 Å². The Labute approximate surface area is 104 Å². The SMILES string of the molecule is Cc1cc(C(=O)N2CCO[C@H](C(=O)O)C2)c(C)o1. The summed E-state index contributed by atoms with van der Waals surface area (Å²) in [4.78, 5) is 24.6. The zero-order valence-corrected chi connectivity index (χ0v) is 10.3. The summed E-state index contributed by atoms with van der Waals surface area (Å²) in [5, 5.41) is 8.89. The molecule has 0 spiro atoms. The van der Waals surface area contributed by atoms with Crippen LogP contribution in [0.4, 0.5) is 0 Å². The molecule has 2 rings (SSSR count). The van der Waals surface area contributed by atoms with Crippen molar-refractivity contribution < 1.29 is 23.8 Å². The van der Waals surface area contributed by atoms with E-state index in [0.29, 0.717) is 23.6 Å². The van der Waals surface area contributed by atoms with Gasteiger partial charge in [-0.15, -0.1) is 0 Å². The number of hydrogen-bond acceptors (Lipinski definition) is 4. The highest BCUT2D eigenvalue weighted by molar-refractivity contribution is 5.95. The quantitative estimate of drug-likeness (QED) is 0.844. The van der Waals surface area contributed by atoms with Crippen LogP contribution in [0.5, 0.6) is 0 Å². The highest BCUT2D eigenvalue weighted by Crippen LogP contribution is 2.17. The first-order valence-electron chi connectivity index (χ1n) is 5.69. The maximum absolute atomic E-state index is 12.2. The van der Waals surface area contributed by atoms with Gasteiger partial charge in [-0.3, -0.25) is 4.79 Å². The second-order valence-corrected chi connectivity index (χ2v) is 4.28. The highest BCUT2D eigenvalue weighted by Gasteiger charge is 2.30. The summed E-state index contributed by atoms with van der Waals surface area (Å²) >= 11 is 0. The molecule has 1 fully saturated rings. The van der Waals surface area contributed by atoms with E-state index >= 15 is 0 Å². The first kappa shape index (κ1) is 12.6. The summed E-state index contributed by atoms with van der Waals surface area (Å²) in [6.45, 7) is 4.18. The van der Waals surface area contributed by atoms with Gasteiger partial charge in [0.05, 0.1) is 18.7 Å². The van der Waals surface area contributed by atoms with Crippen LogP contribution < -0.4 is 0 Å². The minimum atomic E-state index is -1.05. The number of amides is 1. The summed E-state index contributed by atoms with van der Waals surface area (Å²) in [5.74, 6) is -0.0405. The van der Waals surface area contributed by atoms with E-state index in [1.165, 1.54) is 4.90 Å². The first-order chi connectivity index (χ1) is 8.49. The number of rotatable bonds is 2. The molecule has 2 heterocycles. The molecular weight excluding hydrogens is 238 g/mol. The van der Waals surface area contributed by atoms with Crippen LogP contribution in [0, 0.1) is 13.8 Å². The normalized spacial score (nSPS) is 19.9. The van der Waals surface area contributed by atoms with Crippen LogP contribution in [0.1, 0.15) is 21.9 Å². The molecular formula is C12H15NO5. The van der Waals surface area contributed by atoms with Crippen LogP contribution in [0.2, 0.25) is 0 Å². The number of nitrogens with zero attached hydrogens (tertiary/aromatic N) is 1. The zero-order valence-electron chi connectivity index (χ0n) is 10.3. The van der Waals surface area contributed by atoms with E-state index in [1.54, 1.807) is 19.9 Å². The van der Waals surface area contributed by atoms with Crippen molar-refractivity contribution >= 4 is 11.9 Å². The van der Waals surface area contributed by atoms with Crippen molar-refractivity contribution in [2.24, 2.45) is 0 Å². The van der Waals surface area contributed by atoms with Gasteiger partial charge in [0.15, 0.2) is 6.10 Å². The second-order valence-electron chi connectivity index (χ2n) is 4.28. The largest absolute Gasteiger partial charge is 0.479 e. The van der Waals surface area contributed by atoms with Crippen molar-refractivity contribution in [2.75, 3.05) is 19.7 Å². The van der Waals surface area contributed by atoms with Crippen molar-refractivity contribution in [3.63, 3.8) is 0 Å². The van der Waals surface area contributed by atoms with Gasteiger partial charge in [0.25, 0.3) is 5.91 Å². The summed E-state index contributed by atoms with van der Waals surface area (Å²) in [7, 11) is 0. The summed E-state index contributed by atoms with van der Waals surface area (Å²) < 4.78 is 10.4. The molecule has 1 saturated heterocycles. The average Bonchev–Trinajstić information content (AvgIpc) is 2.67. The van der Waals surface area contributed by atoms with Gasteiger partial charge in [-0.2, -0.15) is 0 Å². The van der Waals surface area contributed by atoms with Crippen LogP contribution in [-0.2, 0) is 9.53 Å². The molecule has 1 aliphatic heterocycles. The number of carbonyl (C=O) groups is 2. The lowest BCUT2D eigenvalue weighted by atomic mass is 10.2. The maximum atomic E-state index is 12.2. The molecule has 0 bridgehead atoms. The van der Waals surface area contributed by atoms with Crippen molar-refractivity contribution in [2.45, 2.75) is 20.0 Å². The molecule has 98 valence electrons. The molecule has 0 unspecified atom stereocenters. The minimum Gasteiger partial charge on any atom is -0.479 e. The predicted molar refractivity (Wildman–Crippen MR) is 61.5 cm³/mol. The number of carboxylic acids is 1. The molecule has 1 aromatic rings. The lowest BCUT2D eigenvalue weighted by Crippen LogP contribution is -2.48. The smallest absolute Gasteiger partial charge is 0.334 e. The zero-order chi connectivity index (χ0) is 13.3. The fraction of sp³-hybridized carbons (Fsp3) is 0.500. The third-order valence-corrected chi connectivity index (χ3v) is 2.90. The van der Waals surface area contributed by atoms with Crippen molar-refractivity contribution in [1.82, 2.24) is 4.90 Å². The van der Waals surface area contributed by atoms with Crippen LogP contribution >= 0.6 is 0 Å². The minimum absolute atomic E-state index is 0.0673. The Morgan fingerprint density at radius 1 is 1.44 bits per heavy atom. The van der Waals surface area contributed by atoms with Crippen molar-refractivity contribution in [1.29, 1.82) is 0 Å². The summed E-state index contributed by atoms with van der Waals surface area (Å²) in [5.41, 5.74) is 0.485. The molecule has 1 atom stereocenters. The number of ether oxygens (including phenoxy) is 1. The lowest BCUT2D eigenvalue weighted by molar-refractivity contribution is -0.154. The molecule has 1 amide bonds. The Morgan fingerprint density at radius 3 is 2.72 bits per heavy atom. The number of furan rings is 1. The van der Waals surface area contributed by atoms with Crippen molar-refractivity contribution in [3.8, 4) is 0 Å². The molecule has 0 aromatic carbocycles. The van der Waals surface area contributed by atoms with Gasteiger partial charge in [0, 0.05) is 6.54 Å². The number of aryl methyl sites for hydroxylation is 2. The molecule has 0 radical (unpaired) electrons. The van der Waals surface area contributed by atoms with E-state index < -0.39 is 12.1 Å². The molecule has 1 N–H and O–H groups in total. The van der Waals surface area contributed by atoms with Crippen LogP contribution in [0.25, 0.3) is 0 Å². The van der Waals surface area contributed by atoms with Crippen LogP contribution in [-0.4, -0.2) is 47.7 Å². The second kappa shape index (κ2) is 4.81. The van der Waals surface area contributed by atoms with Gasteiger partial charge in [-0.1, -0.05) is 0 Å². The maximum Gasteiger partial charge on any atom is 0.334 e. The van der Waals surface area contributed by atoms with E-state index in [1.807, 2.05) is 0 Å². The van der Waals surface area contributed by atoms with Gasteiger partial charge < -0.3 is 19.2 Å². The Kier molecular flexibility index (Phi) is 3.38. The Morgan fingerprint density at radius 2 is 2.17 bits per heavy atom. The number of carboxylic acid groups (broad SMARTS) is 1. The standard InChI is InChI=1S/C12H15NO5/c1-7-5-9(8(2)18-7)11(14)13-3-4-17-10(6-13)12(15)16/h5,10H,3-4,6H2,1-2H3,(H,15,16)/t10-/m0/s1. The van der Waals surface area contributed by atoms with Crippen molar-refractivity contribution in [3.05, 3.63) is 23.2 Å². The summed E-state index contributed by atoms with van der Waals surface area (Å²) in [6.07, 6.45) is -0.948. The van der Waals surface area contributed by atoms with Gasteiger partial charge >= 0.3 is 5.97 Å². The van der Waals surface area contributed by atoms with E-state index in [0.717, 1.165) is 0 Å². The summed E-state index contributed by atoms with van der Waals surface area (Å²) in [6, 6.07) is 1.67. The van der Waals surface area contributed by atoms with Gasteiger partial charge in [-0.25, -0.2) is 4.79 Å². The van der Waals surface area contributed by atoms with E-state index in [2.05, 4.69) is 0 Å². The van der Waals surface area contributed by atoms with E-state index in [4.69, 9.17) is 14.3 Å². The fourth-order valence-corrected chi connectivity index (χ4v) is 2.00. The topological polar surface area (TPSA) is 80.0 Å². The van der Waals surface area contributed by atoms with E-state index in [-0.39, 0.29) is 19.1 Å². The van der Waals surface area contributed by atoms with Crippen LogP contribution in [0.15, 0.2) is 10.5 Å². The molecule has 0 aliphatic carbocycles. The number of morpholine rings is 1. The fourth-order valence-electron chi connectivity index (χ4n) is 2.00. The first-order valence-corrected chi connectivity index (χ1v) is 5.69. The highest BCUT2D eigenvalue weighted by atomic mass is 16.5. The molecule has 6 nitrogen and oxygen atoms in total. The molecule has 0 saturated carbocycles. The number of hydrogen-bond donors (Lipinski definition) is 1. The Hall–Kier alpha value is -1.82. The average molecular weight is 253 g/mol. The Bertz CT molecular complexity index is 479. The third-order valence-electron chi connectivity index (χ3n) is 2.90.